The first-order chi connectivity index (χ1) is 13.0. The summed E-state index contributed by atoms with van der Waals surface area (Å²) in [5.74, 6) is 4.65. The molecule has 1 unspecified atom stereocenters. The second-order valence-corrected chi connectivity index (χ2v) is 10.2. The zero-order chi connectivity index (χ0) is 19.0. The summed E-state index contributed by atoms with van der Waals surface area (Å²) in [6, 6.07) is 4.87. The van der Waals surface area contributed by atoms with E-state index in [1.807, 2.05) is 0 Å². The minimum Gasteiger partial charge on any atom is -0.493 e. The van der Waals surface area contributed by atoms with Crippen LogP contribution in [0.2, 0.25) is 0 Å². The van der Waals surface area contributed by atoms with E-state index in [4.69, 9.17) is 9.47 Å². The highest BCUT2D eigenvalue weighted by Crippen LogP contribution is 2.61. The Morgan fingerprint density at radius 3 is 2.33 bits per heavy atom. The third kappa shape index (κ3) is 3.89. The van der Waals surface area contributed by atoms with Gasteiger partial charge in [0.1, 0.15) is 0 Å². The smallest absolute Gasteiger partial charge is 0.175 e. The molecule has 0 heterocycles. The average Bonchev–Trinajstić information content (AvgIpc) is 2.63. The standard InChI is InChI=1S/C23H34BrNO2/c1-4-5-27-22-20(24)9-19(10-21(22)26-3)14-25-15(2)23-11-16-6-17(12-23)8-18(7-16)13-23/h9-10,15-18,25H,4-8,11-14H2,1-3H3. The first-order valence-corrected chi connectivity index (χ1v) is 11.5. The van der Waals surface area contributed by atoms with Gasteiger partial charge in [-0.2, -0.15) is 0 Å². The van der Waals surface area contributed by atoms with E-state index >= 15 is 0 Å². The number of methoxy groups -OCH3 is 1. The van der Waals surface area contributed by atoms with Crippen LogP contribution in [-0.2, 0) is 6.54 Å². The largest absolute Gasteiger partial charge is 0.493 e. The van der Waals surface area contributed by atoms with Gasteiger partial charge in [0.25, 0.3) is 0 Å². The van der Waals surface area contributed by atoms with Gasteiger partial charge in [0.2, 0.25) is 0 Å². The number of hydrogen-bond acceptors (Lipinski definition) is 3. The van der Waals surface area contributed by atoms with Gasteiger partial charge in [-0.1, -0.05) is 6.92 Å². The van der Waals surface area contributed by atoms with Crippen LogP contribution in [-0.4, -0.2) is 19.8 Å². The van der Waals surface area contributed by atoms with Crippen molar-refractivity contribution in [2.24, 2.45) is 23.2 Å². The SMILES string of the molecule is CCCOc1c(Br)cc(CNC(C)C23CC4CC(CC(C4)C2)C3)cc1OC. The molecule has 4 aliphatic carbocycles. The summed E-state index contributed by atoms with van der Waals surface area (Å²) in [6.45, 7) is 6.13. The van der Waals surface area contributed by atoms with Crippen LogP contribution in [0.15, 0.2) is 16.6 Å². The minimum absolute atomic E-state index is 0.542. The summed E-state index contributed by atoms with van der Waals surface area (Å²) >= 11 is 3.67. The fourth-order valence-corrected chi connectivity index (χ4v) is 7.02. The van der Waals surface area contributed by atoms with Gasteiger partial charge in [0.05, 0.1) is 18.2 Å². The molecule has 4 saturated carbocycles. The summed E-state index contributed by atoms with van der Waals surface area (Å²) in [5, 5.41) is 3.88. The molecule has 3 nitrogen and oxygen atoms in total. The summed E-state index contributed by atoms with van der Waals surface area (Å²) in [7, 11) is 1.72. The van der Waals surface area contributed by atoms with E-state index in [9.17, 15) is 0 Å². The molecule has 1 atom stereocenters. The Morgan fingerprint density at radius 1 is 1.15 bits per heavy atom. The number of halogens is 1. The Morgan fingerprint density at radius 2 is 1.78 bits per heavy atom. The van der Waals surface area contributed by atoms with E-state index in [0.717, 1.165) is 46.7 Å². The molecule has 1 aromatic rings. The maximum Gasteiger partial charge on any atom is 0.175 e. The van der Waals surface area contributed by atoms with Gasteiger partial charge in [0.15, 0.2) is 11.5 Å². The van der Waals surface area contributed by atoms with Crippen molar-refractivity contribution in [1.82, 2.24) is 5.32 Å². The number of nitrogens with one attached hydrogen (secondary N) is 1. The van der Waals surface area contributed by atoms with Crippen molar-refractivity contribution in [3.8, 4) is 11.5 Å². The van der Waals surface area contributed by atoms with Crippen molar-refractivity contribution in [2.75, 3.05) is 13.7 Å². The Balaban J connectivity index is 1.43. The number of ether oxygens (including phenoxy) is 2. The summed E-state index contributed by atoms with van der Waals surface area (Å²) < 4.78 is 12.4. The molecular weight excluding hydrogens is 402 g/mol. The van der Waals surface area contributed by atoms with Gasteiger partial charge in [-0.25, -0.2) is 0 Å². The Kier molecular flexibility index (Phi) is 5.76. The highest BCUT2D eigenvalue weighted by molar-refractivity contribution is 9.10. The zero-order valence-corrected chi connectivity index (χ0v) is 18.6. The maximum atomic E-state index is 5.86. The molecule has 4 fully saturated rings. The van der Waals surface area contributed by atoms with E-state index in [1.165, 1.54) is 44.1 Å². The molecule has 0 aromatic heterocycles. The van der Waals surface area contributed by atoms with Crippen molar-refractivity contribution >= 4 is 15.9 Å². The van der Waals surface area contributed by atoms with Crippen LogP contribution < -0.4 is 14.8 Å². The molecule has 0 saturated heterocycles. The van der Waals surface area contributed by atoms with Crippen LogP contribution in [0.4, 0.5) is 0 Å². The quantitative estimate of drug-likeness (QED) is 0.547. The normalized spacial score (nSPS) is 32.5. The van der Waals surface area contributed by atoms with Crippen LogP contribution >= 0.6 is 15.9 Å². The average molecular weight is 436 g/mol. The molecular formula is C23H34BrNO2. The maximum absolute atomic E-state index is 5.86. The second-order valence-electron chi connectivity index (χ2n) is 9.34. The van der Waals surface area contributed by atoms with Gasteiger partial charge in [0, 0.05) is 12.6 Å². The van der Waals surface area contributed by atoms with Crippen LogP contribution in [0.3, 0.4) is 0 Å². The molecule has 4 aliphatic rings. The van der Waals surface area contributed by atoms with E-state index in [0.29, 0.717) is 18.1 Å². The van der Waals surface area contributed by atoms with Crippen molar-refractivity contribution < 1.29 is 9.47 Å². The molecule has 4 heteroatoms. The molecule has 1 N–H and O–H groups in total. The van der Waals surface area contributed by atoms with Gasteiger partial charge >= 0.3 is 0 Å². The van der Waals surface area contributed by atoms with Gasteiger partial charge in [-0.15, -0.1) is 0 Å². The van der Waals surface area contributed by atoms with Gasteiger partial charge in [-0.3, -0.25) is 0 Å². The number of rotatable bonds is 8. The minimum atomic E-state index is 0.542. The lowest BCUT2D eigenvalue weighted by Gasteiger charge is -2.59. The van der Waals surface area contributed by atoms with Crippen molar-refractivity contribution in [3.05, 3.63) is 22.2 Å². The van der Waals surface area contributed by atoms with Crippen molar-refractivity contribution in [2.45, 2.75) is 71.4 Å². The monoisotopic (exact) mass is 435 g/mol. The predicted octanol–water partition coefficient (Wildman–Crippen LogP) is 5.94. The molecule has 0 radical (unpaired) electrons. The highest BCUT2D eigenvalue weighted by Gasteiger charge is 2.52. The van der Waals surface area contributed by atoms with Crippen LogP contribution in [0, 0.1) is 23.2 Å². The van der Waals surface area contributed by atoms with Gasteiger partial charge < -0.3 is 14.8 Å². The Hall–Kier alpha value is -0.740. The fraction of sp³-hybridized carbons (Fsp3) is 0.739. The third-order valence-corrected chi connectivity index (χ3v) is 7.95. The summed E-state index contributed by atoms with van der Waals surface area (Å²) in [5.41, 5.74) is 1.79. The van der Waals surface area contributed by atoms with Crippen molar-refractivity contribution in [3.63, 3.8) is 0 Å². The van der Waals surface area contributed by atoms with Crippen LogP contribution in [0.1, 0.15) is 64.4 Å². The van der Waals surface area contributed by atoms with E-state index in [-0.39, 0.29) is 0 Å². The second kappa shape index (κ2) is 7.94. The van der Waals surface area contributed by atoms with Crippen LogP contribution in [0.25, 0.3) is 0 Å². The zero-order valence-electron chi connectivity index (χ0n) is 17.0. The van der Waals surface area contributed by atoms with E-state index in [1.54, 1.807) is 7.11 Å². The fourth-order valence-electron chi connectivity index (χ4n) is 6.41. The van der Waals surface area contributed by atoms with E-state index in [2.05, 4.69) is 47.2 Å². The first-order valence-electron chi connectivity index (χ1n) is 10.8. The molecule has 1 aromatic carbocycles. The lowest BCUT2D eigenvalue weighted by Crippen LogP contribution is -2.54. The topological polar surface area (TPSA) is 30.5 Å². The molecule has 5 rings (SSSR count). The first kappa shape index (κ1) is 19.6. The molecule has 4 bridgehead atoms. The molecule has 27 heavy (non-hydrogen) atoms. The number of benzene rings is 1. The summed E-state index contributed by atoms with van der Waals surface area (Å²) in [4.78, 5) is 0. The number of hydrogen-bond donors (Lipinski definition) is 1. The van der Waals surface area contributed by atoms with Crippen molar-refractivity contribution in [1.29, 1.82) is 0 Å². The predicted molar refractivity (Wildman–Crippen MR) is 113 cm³/mol. The summed E-state index contributed by atoms with van der Waals surface area (Å²) in [6.07, 6.45) is 9.86. The molecule has 150 valence electrons. The Labute approximate surface area is 172 Å². The lowest BCUT2D eigenvalue weighted by atomic mass is 9.48. The van der Waals surface area contributed by atoms with E-state index < -0.39 is 0 Å². The van der Waals surface area contributed by atoms with Gasteiger partial charge in [-0.05, 0) is 109 Å². The molecule has 0 aliphatic heterocycles. The lowest BCUT2D eigenvalue weighted by molar-refractivity contribution is -0.0706. The highest BCUT2D eigenvalue weighted by atomic mass is 79.9. The van der Waals surface area contributed by atoms with Crippen LogP contribution in [0.5, 0.6) is 11.5 Å². The molecule has 0 amide bonds. The third-order valence-electron chi connectivity index (χ3n) is 7.36. The Bertz CT molecular complexity index is 639. The molecule has 0 spiro atoms.